The van der Waals surface area contributed by atoms with Crippen LogP contribution in [0.4, 0.5) is 0 Å². The van der Waals surface area contributed by atoms with Gasteiger partial charge in [0.05, 0.1) is 5.92 Å². The quantitative estimate of drug-likeness (QED) is 0.798. The van der Waals surface area contributed by atoms with Crippen LogP contribution in [0.2, 0.25) is 5.02 Å². The minimum absolute atomic E-state index is 0.419. The van der Waals surface area contributed by atoms with Crippen molar-refractivity contribution in [2.45, 2.75) is 19.3 Å². The fraction of sp³-hybridized carbons (Fsp3) is 0.308. The minimum atomic E-state index is -0.801. The van der Waals surface area contributed by atoms with Crippen LogP contribution < -0.4 is 0 Å². The standard InChI is InChI=1S/C13H13ClO2/c1-2-3-4-11(13(15)16)9-10-5-7-12(14)8-6-10/h1,5-8,11H,3-4,9H2,(H,15,16). The first-order chi connectivity index (χ1) is 7.63. The molecule has 0 amide bonds. The summed E-state index contributed by atoms with van der Waals surface area (Å²) in [5.74, 6) is 1.24. The zero-order valence-electron chi connectivity index (χ0n) is 8.82. The summed E-state index contributed by atoms with van der Waals surface area (Å²) in [6.45, 7) is 0. The monoisotopic (exact) mass is 236 g/mol. The summed E-state index contributed by atoms with van der Waals surface area (Å²) in [5.41, 5.74) is 0.967. The molecule has 16 heavy (non-hydrogen) atoms. The van der Waals surface area contributed by atoms with E-state index in [4.69, 9.17) is 23.1 Å². The molecule has 3 heteroatoms. The van der Waals surface area contributed by atoms with Crippen LogP contribution in [0.25, 0.3) is 0 Å². The number of carboxylic acids is 1. The van der Waals surface area contributed by atoms with Crippen molar-refractivity contribution >= 4 is 17.6 Å². The van der Waals surface area contributed by atoms with Crippen molar-refractivity contribution in [2.75, 3.05) is 0 Å². The second-order valence-electron chi connectivity index (χ2n) is 3.61. The third-order valence-corrected chi connectivity index (χ3v) is 2.63. The number of benzene rings is 1. The third-order valence-electron chi connectivity index (χ3n) is 2.38. The summed E-state index contributed by atoms with van der Waals surface area (Å²) in [7, 11) is 0. The Morgan fingerprint density at radius 3 is 2.56 bits per heavy atom. The molecule has 0 aliphatic rings. The van der Waals surface area contributed by atoms with Gasteiger partial charge in [0, 0.05) is 11.4 Å². The van der Waals surface area contributed by atoms with Gasteiger partial charge in [-0.05, 0) is 30.5 Å². The Morgan fingerprint density at radius 2 is 2.06 bits per heavy atom. The first-order valence-electron chi connectivity index (χ1n) is 5.04. The van der Waals surface area contributed by atoms with Gasteiger partial charge in [0.15, 0.2) is 0 Å². The van der Waals surface area contributed by atoms with Crippen LogP contribution in [-0.2, 0) is 11.2 Å². The number of halogens is 1. The Kier molecular flexibility index (Phi) is 4.88. The predicted octanol–water partition coefficient (Wildman–Crippen LogP) is 3.00. The van der Waals surface area contributed by atoms with Gasteiger partial charge in [-0.2, -0.15) is 0 Å². The maximum absolute atomic E-state index is 11.0. The average Bonchev–Trinajstić information content (AvgIpc) is 2.26. The number of rotatable bonds is 5. The molecule has 0 aromatic heterocycles. The zero-order valence-corrected chi connectivity index (χ0v) is 9.57. The lowest BCUT2D eigenvalue weighted by molar-refractivity contribution is -0.141. The van der Waals surface area contributed by atoms with Crippen molar-refractivity contribution in [1.29, 1.82) is 0 Å². The first-order valence-corrected chi connectivity index (χ1v) is 5.42. The topological polar surface area (TPSA) is 37.3 Å². The van der Waals surface area contributed by atoms with Crippen molar-refractivity contribution in [1.82, 2.24) is 0 Å². The second kappa shape index (κ2) is 6.19. The average molecular weight is 237 g/mol. The predicted molar refractivity (Wildman–Crippen MR) is 64.3 cm³/mol. The lowest BCUT2D eigenvalue weighted by Gasteiger charge is -2.10. The summed E-state index contributed by atoms with van der Waals surface area (Å²) in [6.07, 6.45) is 6.62. The molecule has 84 valence electrons. The van der Waals surface area contributed by atoms with Gasteiger partial charge < -0.3 is 5.11 Å². The van der Waals surface area contributed by atoms with E-state index in [1.54, 1.807) is 12.1 Å². The smallest absolute Gasteiger partial charge is 0.306 e. The highest BCUT2D eigenvalue weighted by Gasteiger charge is 2.16. The van der Waals surface area contributed by atoms with E-state index in [2.05, 4.69) is 5.92 Å². The lowest BCUT2D eigenvalue weighted by Crippen LogP contribution is -2.16. The number of carboxylic acid groups (broad SMARTS) is 1. The molecule has 2 nitrogen and oxygen atoms in total. The molecule has 1 N–H and O–H groups in total. The van der Waals surface area contributed by atoms with Crippen LogP contribution in [0.3, 0.4) is 0 Å². The molecule has 0 radical (unpaired) electrons. The van der Waals surface area contributed by atoms with E-state index in [-0.39, 0.29) is 0 Å². The molecule has 1 rings (SSSR count). The molecule has 0 heterocycles. The van der Waals surface area contributed by atoms with Gasteiger partial charge in [0.2, 0.25) is 0 Å². The highest BCUT2D eigenvalue weighted by molar-refractivity contribution is 6.30. The van der Waals surface area contributed by atoms with Crippen molar-refractivity contribution < 1.29 is 9.90 Å². The van der Waals surface area contributed by atoms with Gasteiger partial charge in [-0.1, -0.05) is 23.7 Å². The Labute approximate surface area is 100 Å². The summed E-state index contributed by atoms with van der Waals surface area (Å²) in [4.78, 5) is 11.0. The van der Waals surface area contributed by atoms with Crippen LogP contribution in [0.1, 0.15) is 18.4 Å². The van der Waals surface area contributed by atoms with E-state index >= 15 is 0 Å². The van der Waals surface area contributed by atoms with Crippen LogP contribution in [0, 0.1) is 18.3 Å². The number of hydrogen-bond donors (Lipinski definition) is 1. The summed E-state index contributed by atoms with van der Waals surface area (Å²) in [5, 5.41) is 9.67. The molecule has 0 saturated heterocycles. The summed E-state index contributed by atoms with van der Waals surface area (Å²) in [6, 6.07) is 7.20. The Bertz CT molecular complexity index is 389. The van der Waals surface area contributed by atoms with Gasteiger partial charge in [-0.15, -0.1) is 12.3 Å². The Balaban J connectivity index is 2.64. The molecule has 1 unspecified atom stereocenters. The van der Waals surface area contributed by atoms with Gasteiger partial charge in [-0.25, -0.2) is 0 Å². The van der Waals surface area contributed by atoms with E-state index in [0.717, 1.165) is 5.56 Å². The van der Waals surface area contributed by atoms with E-state index < -0.39 is 11.9 Å². The SMILES string of the molecule is C#CCCC(Cc1ccc(Cl)cc1)C(=O)O. The van der Waals surface area contributed by atoms with Crippen molar-refractivity contribution in [3.63, 3.8) is 0 Å². The lowest BCUT2D eigenvalue weighted by atomic mass is 9.95. The molecule has 1 aromatic rings. The van der Waals surface area contributed by atoms with Crippen molar-refractivity contribution in [3.05, 3.63) is 34.9 Å². The maximum Gasteiger partial charge on any atom is 0.306 e. The van der Waals surface area contributed by atoms with Crippen LogP contribution in [-0.4, -0.2) is 11.1 Å². The molecule has 0 fully saturated rings. The molecular weight excluding hydrogens is 224 g/mol. The molecule has 1 aromatic carbocycles. The van der Waals surface area contributed by atoms with Gasteiger partial charge in [0.1, 0.15) is 0 Å². The molecule has 0 bridgehead atoms. The maximum atomic E-state index is 11.0. The van der Waals surface area contributed by atoms with Crippen LogP contribution in [0.5, 0.6) is 0 Å². The highest BCUT2D eigenvalue weighted by atomic mass is 35.5. The number of aliphatic carboxylic acids is 1. The van der Waals surface area contributed by atoms with Crippen LogP contribution in [0.15, 0.2) is 24.3 Å². The third kappa shape index (κ3) is 3.96. The first kappa shape index (κ1) is 12.6. The van der Waals surface area contributed by atoms with Crippen molar-refractivity contribution in [2.24, 2.45) is 5.92 Å². The van der Waals surface area contributed by atoms with E-state index in [0.29, 0.717) is 24.3 Å². The molecule has 0 spiro atoms. The van der Waals surface area contributed by atoms with Crippen LogP contribution >= 0.6 is 11.6 Å². The van der Waals surface area contributed by atoms with Crippen molar-refractivity contribution in [3.8, 4) is 12.3 Å². The Hall–Kier alpha value is -1.46. The normalized spacial score (nSPS) is 11.8. The summed E-state index contributed by atoms with van der Waals surface area (Å²) < 4.78 is 0. The molecule has 1 atom stereocenters. The fourth-order valence-electron chi connectivity index (χ4n) is 1.48. The molecule has 0 aliphatic carbocycles. The summed E-state index contributed by atoms with van der Waals surface area (Å²) >= 11 is 5.75. The van der Waals surface area contributed by atoms with Gasteiger partial charge in [0.25, 0.3) is 0 Å². The number of hydrogen-bond acceptors (Lipinski definition) is 1. The largest absolute Gasteiger partial charge is 0.481 e. The molecule has 0 saturated carbocycles. The number of carbonyl (C=O) groups is 1. The second-order valence-corrected chi connectivity index (χ2v) is 4.04. The highest BCUT2D eigenvalue weighted by Crippen LogP contribution is 2.16. The number of terminal acetylenes is 1. The molecular formula is C13H13ClO2. The minimum Gasteiger partial charge on any atom is -0.481 e. The van der Waals surface area contributed by atoms with Gasteiger partial charge >= 0.3 is 5.97 Å². The van der Waals surface area contributed by atoms with E-state index in [1.807, 2.05) is 12.1 Å². The fourth-order valence-corrected chi connectivity index (χ4v) is 1.60. The molecule has 0 aliphatic heterocycles. The van der Waals surface area contributed by atoms with E-state index in [1.165, 1.54) is 0 Å². The Morgan fingerprint density at radius 1 is 1.44 bits per heavy atom. The zero-order chi connectivity index (χ0) is 12.0. The van der Waals surface area contributed by atoms with Gasteiger partial charge in [-0.3, -0.25) is 4.79 Å². The van der Waals surface area contributed by atoms with E-state index in [9.17, 15) is 4.79 Å².